The molecule has 20 heavy (non-hydrogen) atoms. The number of nitriles is 1. The number of anilines is 1. The third-order valence-electron chi connectivity index (χ3n) is 3.43. The number of nitrogens with zero attached hydrogens (tertiary/aromatic N) is 2. The first-order valence-electron chi connectivity index (χ1n) is 6.93. The highest BCUT2D eigenvalue weighted by atomic mass is 16.1. The summed E-state index contributed by atoms with van der Waals surface area (Å²) in [5.74, 6) is -0.300. The number of carbonyl (C=O) groups excluding carboxylic acids is 1. The number of nitrogens with one attached hydrogen (secondary N) is 1. The number of hydrogen-bond acceptors (Lipinski definition) is 3. The zero-order valence-electron chi connectivity index (χ0n) is 11.9. The van der Waals surface area contributed by atoms with Crippen molar-refractivity contribution in [2.24, 2.45) is 0 Å². The Morgan fingerprint density at radius 3 is 3.00 bits per heavy atom. The van der Waals surface area contributed by atoms with Crippen molar-refractivity contribution < 1.29 is 4.79 Å². The van der Waals surface area contributed by atoms with Crippen LogP contribution in [-0.4, -0.2) is 18.5 Å². The van der Waals surface area contributed by atoms with E-state index in [1.807, 2.05) is 36.1 Å². The molecule has 4 heteroatoms. The third-order valence-corrected chi connectivity index (χ3v) is 3.43. The van der Waals surface area contributed by atoms with Gasteiger partial charge in [0.25, 0.3) is 5.91 Å². The van der Waals surface area contributed by atoms with Crippen LogP contribution in [0.3, 0.4) is 0 Å². The summed E-state index contributed by atoms with van der Waals surface area (Å²) in [4.78, 5) is 13.9. The van der Waals surface area contributed by atoms with Crippen LogP contribution in [0.4, 0.5) is 5.69 Å². The van der Waals surface area contributed by atoms with Gasteiger partial charge in [-0.15, -0.1) is 0 Å². The van der Waals surface area contributed by atoms with Crippen LogP contribution in [0.2, 0.25) is 0 Å². The fourth-order valence-electron chi connectivity index (χ4n) is 2.40. The Bertz CT molecular complexity index is 571. The molecule has 1 heterocycles. The van der Waals surface area contributed by atoms with E-state index in [1.165, 1.54) is 5.56 Å². The minimum Gasteiger partial charge on any atom is -0.351 e. The fraction of sp³-hybridized carbons (Fsp3) is 0.375. The maximum Gasteiger partial charge on any atom is 0.263 e. The van der Waals surface area contributed by atoms with Gasteiger partial charge in [-0.1, -0.05) is 25.1 Å². The maximum absolute atomic E-state index is 11.9. The number of benzene rings is 1. The molecule has 2 rings (SSSR count). The second kappa shape index (κ2) is 6.25. The molecule has 1 aliphatic heterocycles. The molecule has 1 aliphatic rings. The lowest BCUT2D eigenvalue weighted by Gasteiger charge is -2.20. The van der Waals surface area contributed by atoms with E-state index in [1.54, 1.807) is 6.20 Å². The topological polar surface area (TPSA) is 56.1 Å². The summed E-state index contributed by atoms with van der Waals surface area (Å²) in [5, 5.41) is 11.9. The van der Waals surface area contributed by atoms with E-state index in [0.29, 0.717) is 6.54 Å². The van der Waals surface area contributed by atoms with Crippen LogP contribution in [0.1, 0.15) is 25.8 Å². The minimum atomic E-state index is -0.300. The van der Waals surface area contributed by atoms with Crippen molar-refractivity contribution in [1.29, 1.82) is 5.26 Å². The molecule has 1 aromatic carbocycles. The molecule has 1 atom stereocenters. The molecular formula is C16H19N3O. The van der Waals surface area contributed by atoms with Crippen molar-refractivity contribution in [3.63, 3.8) is 0 Å². The Morgan fingerprint density at radius 1 is 1.55 bits per heavy atom. The first kappa shape index (κ1) is 14.1. The van der Waals surface area contributed by atoms with Gasteiger partial charge < -0.3 is 10.2 Å². The predicted molar refractivity (Wildman–Crippen MR) is 79.1 cm³/mol. The van der Waals surface area contributed by atoms with Gasteiger partial charge in [0, 0.05) is 24.5 Å². The molecule has 0 saturated heterocycles. The molecular weight excluding hydrogens is 250 g/mol. The van der Waals surface area contributed by atoms with Gasteiger partial charge in [-0.2, -0.15) is 5.26 Å². The normalized spacial score (nSPS) is 17.6. The Hall–Kier alpha value is -2.28. The van der Waals surface area contributed by atoms with Crippen molar-refractivity contribution >= 4 is 11.6 Å². The summed E-state index contributed by atoms with van der Waals surface area (Å²) in [5.41, 5.74) is 2.49. The van der Waals surface area contributed by atoms with Crippen LogP contribution in [0.5, 0.6) is 0 Å². The molecule has 1 aromatic rings. The highest BCUT2D eigenvalue weighted by molar-refractivity contribution is 5.97. The van der Waals surface area contributed by atoms with Gasteiger partial charge >= 0.3 is 0 Å². The quantitative estimate of drug-likeness (QED) is 0.674. The van der Waals surface area contributed by atoms with Gasteiger partial charge in [0.15, 0.2) is 0 Å². The van der Waals surface area contributed by atoms with E-state index in [-0.39, 0.29) is 17.5 Å². The lowest BCUT2D eigenvalue weighted by molar-refractivity contribution is -0.117. The number of hydrogen-bond donors (Lipinski definition) is 1. The summed E-state index contributed by atoms with van der Waals surface area (Å²) < 4.78 is 0. The lowest BCUT2D eigenvalue weighted by Crippen LogP contribution is -2.29. The summed E-state index contributed by atoms with van der Waals surface area (Å²) >= 11 is 0. The number of fused-ring (bicyclic) bond motifs is 1. The minimum absolute atomic E-state index is 0.155. The molecule has 0 aliphatic carbocycles. The van der Waals surface area contributed by atoms with Gasteiger partial charge in [0.2, 0.25) is 0 Å². The lowest BCUT2D eigenvalue weighted by atomic mass is 10.1. The summed E-state index contributed by atoms with van der Waals surface area (Å²) in [7, 11) is 0. The molecule has 104 valence electrons. The zero-order chi connectivity index (χ0) is 14.5. The van der Waals surface area contributed by atoms with Crippen LogP contribution in [0.25, 0.3) is 0 Å². The molecule has 4 nitrogen and oxygen atoms in total. The van der Waals surface area contributed by atoms with Gasteiger partial charge in [-0.25, -0.2) is 0 Å². The second-order valence-electron chi connectivity index (χ2n) is 5.00. The van der Waals surface area contributed by atoms with E-state index in [0.717, 1.165) is 18.5 Å². The number of para-hydroxylation sites is 1. The SMILES string of the molecule is CCCNC(=O)/C(C#N)=C\N1c2ccccc2CC1C. The average molecular weight is 269 g/mol. The molecule has 0 bridgehead atoms. The maximum atomic E-state index is 11.9. The second-order valence-corrected chi connectivity index (χ2v) is 5.00. The molecule has 0 aromatic heterocycles. The van der Waals surface area contributed by atoms with Crippen LogP contribution in [0.15, 0.2) is 36.0 Å². The number of rotatable bonds is 4. The molecule has 1 N–H and O–H groups in total. The van der Waals surface area contributed by atoms with Gasteiger partial charge in [-0.3, -0.25) is 4.79 Å². The Morgan fingerprint density at radius 2 is 2.30 bits per heavy atom. The van der Waals surface area contributed by atoms with Crippen molar-refractivity contribution in [2.45, 2.75) is 32.7 Å². The van der Waals surface area contributed by atoms with Crippen molar-refractivity contribution in [1.82, 2.24) is 5.32 Å². The summed E-state index contributed by atoms with van der Waals surface area (Å²) in [6.45, 7) is 4.66. The van der Waals surface area contributed by atoms with E-state index in [2.05, 4.69) is 18.3 Å². The highest BCUT2D eigenvalue weighted by Crippen LogP contribution is 2.32. The molecule has 0 fully saturated rings. The highest BCUT2D eigenvalue weighted by Gasteiger charge is 2.25. The van der Waals surface area contributed by atoms with Crippen LogP contribution in [-0.2, 0) is 11.2 Å². The van der Waals surface area contributed by atoms with Crippen LogP contribution < -0.4 is 10.2 Å². The number of carbonyl (C=O) groups is 1. The van der Waals surface area contributed by atoms with Crippen LogP contribution >= 0.6 is 0 Å². The fourth-order valence-corrected chi connectivity index (χ4v) is 2.40. The van der Waals surface area contributed by atoms with Gasteiger partial charge in [0.05, 0.1) is 0 Å². The smallest absolute Gasteiger partial charge is 0.263 e. The van der Waals surface area contributed by atoms with Crippen LogP contribution in [0, 0.1) is 11.3 Å². The van der Waals surface area contributed by atoms with Crippen molar-refractivity contribution in [2.75, 3.05) is 11.4 Å². The van der Waals surface area contributed by atoms with Gasteiger partial charge in [-0.05, 0) is 31.4 Å². The van der Waals surface area contributed by atoms with E-state index < -0.39 is 0 Å². The van der Waals surface area contributed by atoms with E-state index in [4.69, 9.17) is 0 Å². The van der Waals surface area contributed by atoms with Crippen molar-refractivity contribution in [3.8, 4) is 6.07 Å². The predicted octanol–water partition coefficient (Wildman–Crippen LogP) is 2.37. The van der Waals surface area contributed by atoms with Gasteiger partial charge in [0.1, 0.15) is 11.6 Å². The Kier molecular flexibility index (Phi) is 4.41. The molecule has 0 spiro atoms. The largest absolute Gasteiger partial charge is 0.351 e. The van der Waals surface area contributed by atoms with Crippen molar-refractivity contribution in [3.05, 3.63) is 41.6 Å². The third kappa shape index (κ3) is 2.83. The van der Waals surface area contributed by atoms with E-state index >= 15 is 0 Å². The standard InChI is InChI=1S/C16H19N3O/c1-3-8-18-16(20)14(10-17)11-19-12(2)9-13-6-4-5-7-15(13)19/h4-7,11-12H,3,8-9H2,1-2H3,(H,18,20)/b14-11-. The molecule has 0 saturated carbocycles. The first-order valence-corrected chi connectivity index (χ1v) is 6.93. The molecule has 1 unspecified atom stereocenters. The Labute approximate surface area is 119 Å². The summed E-state index contributed by atoms with van der Waals surface area (Å²) in [6, 6.07) is 10.3. The first-order chi connectivity index (χ1) is 9.67. The summed E-state index contributed by atoms with van der Waals surface area (Å²) in [6.07, 6.45) is 3.46. The Balaban J connectivity index is 2.24. The average Bonchev–Trinajstić information content (AvgIpc) is 2.77. The molecule has 0 radical (unpaired) electrons. The number of amides is 1. The molecule has 1 amide bonds. The van der Waals surface area contributed by atoms with E-state index in [9.17, 15) is 10.1 Å². The monoisotopic (exact) mass is 269 g/mol. The zero-order valence-corrected chi connectivity index (χ0v) is 11.9.